The van der Waals surface area contributed by atoms with E-state index < -0.39 is 10.1 Å². The molecule has 1 rings (SSSR count). The van der Waals surface area contributed by atoms with Crippen molar-refractivity contribution < 1.29 is 26.9 Å². The third kappa shape index (κ3) is 6.07. The number of amides is 1. The number of hydrogen-bond acceptors (Lipinski definition) is 6. The van der Waals surface area contributed by atoms with Gasteiger partial charge in [-0.05, 0) is 31.5 Å². The van der Waals surface area contributed by atoms with Crippen molar-refractivity contribution >= 4 is 16.0 Å². The molecule has 130 valence electrons. The van der Waals surface area contributed by atoms with Crippen molar-refractivity contribution in [2.75, 3.05) is 27.1 Å². The minimum Gasteiger partial charge on any atom is -0.493 e. The minimum atomic E-state index is -3.68. The molecule has 0 N–H and O–H groups in total. The van der Waals surface area contributed by atoms with Gasteiger partial charge in [-0.15, -0.1) is 0 Å². The molecule has 0 radical (unpaired) electrons. The van der Waals surface area contributed by atoms with Crippen LogP contribution in [0.2, 0.25) is 0 Å². The lowest BCUT2D eigenvalue weighted by atomic mass is 10.1. The first-order valence-electron chi connectivity index (χ1n) is 7.02. The molecule has 0 heterocycles. The number of benzene rings is 1. The van der Waals surface area contributed by atoms with Crippen LogP contribution < -0.4 is 8.92 Å². The lowest BCUT2D eigenvalue weighted by Gasteiger charge is -2.27. The Labute approximate surface area is 137 Å². The second-order valence-corrected chi connectivity index (χ2v) is 6.90. The Hall–Kier alpha value is -1.80. The molecule has 0 saturated carbocycles. The van der Waals surface area contributed by atoms with Crippen molar-refractivity contribution in [1.82, 2.24) is 4.90 Å². The molecule has 0 fully saturated rings. The number of nitrogens with zero attached hydrogens (tertiary/aromatic N) is 1. The highest BCUT2D eigenvalue weighted by Gasteiger charge is 2.19. The summed E-state index contributed by atoms with van der Waals surface area (Å²) in [6.07, 6.45) is 0.960. The van der Waals surface area contributed by atoms with Gasteiger partial charge in [0.1, 0.15) is 6.61 Å². The fourth-order valence-corrected chi connectivity index (χ4v) is 2.47. The molecule has 0 spiro atoms. The van der Waals surface area contributed by atoms with Gasteiger partial charge in [0, 0.05) is 19.7 Å². The fourth-order valence-electron chi connectivity index (χ4n) is 2.01. The zero-order valence-corrected chi connectivity index (χ0v) is 14.8. The van der Waals surface area contributed by atoms with E-state index in [1.54, 1.807) is 23.1 Å². The molecule has 0 aliphatic rings. The summed E-state index contributed by atoms with van der Waals surface area (Å²) in [5, 5.41) is 0. The molecule has 0 unspecified atom stereocenters. The van der Waals surface area contributed by atoms with E-state index in [1.807, 2.05) is 13.8 Å². The first-order chi connectivity index (χ1) is 10.7. The Kier molecular flexibility index (Phi) is 6.83. The predicted molar refractivity (Wildman–Crippen MR) is 86.0 cm³/mol. The van der Waals surface area contributed by atoms with Gasteiger partial charge in [0.05, 0.1) is 13.4 Å². The SMILES string of the molecule is COCC(=O)N(Cc1ccc(OC)c(OS(C)(=O)=O)c1)C(C)C. The molecular weight excluding hydrogens is 322 g/mol. The molecule has 0 saturated heterocycles. The molecule has 0 atom stereocenters. The summed E-state index contributed by atoms with van der Waals surface area (Å²) in [5.41, 5.74) is 0.725. The van der Waals surface area contributed by atoms with E-state index in [1.165, 1.54) is 14.2 Å². The molecule has 0 aliphatic carbocycles. The summed E-state index contributed by atoms with van der Waals surface area (Å²) in [7, 11) is -0.793. The zero-order valence-electron chi connectivity index (χ0n) is 14.0. The average Bonchev–Trinajstić information content (AvgIpc) is 2.43. The van der Waals surface area contributed by atoms with Gasteiger partial charge in [-0.3, -0.25) is 4.79 Å². The lowest BCUT2D eigenvalue weighted by Crippen LogP contribution is -2.38. The number of carbonyl (C=O) groups excluding carboxylic acids is 1. The van der Waals surface area contributed by atoms with Crippen molar-refractivity contribution in [3.05, 3.63) is 23.8 Å². The van der Waals surface area contributed by atoms with Gasteiger partial charge in [-0.25, -0.2) is 0 Å². The summed E-state index contributed by atoms with van der Waals surface area (Å²) in [6, 6.07) is 4.88. The van der Waals surface area contributed by atoms with E-state index in [4.69, 9.17) is 13.7 Å². The standard InChI is InChI=1S/C15H23NO6S/c1-11(2)16(15(17)10-20-3)9-12-6-7-13(21-4)14(8-12)22-23(5,18)19/h6-8,11H,9-10H2,1-5H3. The van der Waals surface area contributed by atoms with Crippen LogP contribution in [0, 0.1) is 0 Å². The van der Waals surface area contributed by atoms with Crippen LogP contribution in [0.5, 0.6) is 11.5 Å². The van der Waals surface area contributed by atoms with Crippen LogP contribution in [-0.4, -0.2) is 52.3 Å². The summed E-state index contributed by atoms with van der Waals surface area (Å²) >= 11 is 0. The maximum absolute atomic E-state index is 12.1. The van der Waals surface area contributed by atoms with Gasteiger partial charge in [0.2, 0.25) is 5.91 Å². The predicted octanol–water partition coefficient (Wildman–Crippen LogP) is 1.42. The Bertz CT molecular complexity index is 641. The van der Waals surface area contributed by atoms with Crippen molar-refractivity contribution in [3.63, 3.8) is 0 Å². The molecule has 7 nitrogen and oxygen atoms in total. The second kappa shape index (κ2) is 8.16. The Morgan fingerprint density at radius 3 is 2.35 bits per heavy atom. The zero-order chi connectivity index (χ0) is 17.6. The van der Waals surface area contributed by atoms with Crippen LogP contribution in [-0.2, 0) is 26.2 Å². The topological polar surface area (TPSA) is 82.1 Å². The van der Waals surface area contributed by atoms with Crippen LogP contribution in [0.25, 0.3) is 0 Å². The maximum Gasteiger partial charge on any atom is 0.306 e. The average molecular weight is 345 g/mol. The highest BCUT2D eigenvalue weighted by Crippen LogP contribution is 2.29. The quantitative estimate of drug-likeness (QED) is 0.663. The summed E-state index contributed by atoms with van der Waals surface area (Å²) in [6.45, 7) is 4.08. The summed E-state index contributed by atoms with van der Waals surface area (Å²) < 4.78 is 37.6. The lowest BCUT2D eigenvalue weighted by molar-refractivity contribution is -0.137. The summed E-state index contributed by atoms with van der Waals surface area (Å²) in [4.78, 5) is 13.7. The highest BCUT2D eigenvalue weighted by molar-refractivity contribution is 7.86. The maximum atomic E-state index is 12.1. The highest BCUT2D eigenvalue weighted by atomic mass is 32.2. The normalized spacial score (nSPS) is 11.4. The molecule has 0 aliphatic heterocycles. The molecule has 8 heteroatoms. The van der Waals surface area contributed by atoms with Crippen LogP contribution in [0.15, 0.2) is 18.2 Å². The molecule has 1 amide bonds. The first-order valence-corrected chi connectivity index (χ1v) is 8.84. The van der Waals surface area contributed by atoms with Crippen molar-refractivity contribution in [3.8, 4) is 11.5 Å². The van der Waals surface area contributed by atoms with E-state index in [0.29, 0.717) is 12.3 Å². The number of ether oxygens (including phenoxy) is 2. The molecule has 1 aromatic carbocycles. The third-order valence-corrected chi connectivity index (χ3v) is 3.52. The third-order valence-electron chi connectivity index (χ3n) is 3.03. The molecule has 23 heavy (non-hydrogen) atoms. The monoisotopic (exact) mass is 345 g/mol. The van der Waals surface area contributed by atoms with Gasteiger partial charge in [-0.2, -0.15) is 8.42 Å². The van der Waals surface area contributed by atoms with Crippen molar-refractivity contribution in [1.29, 1.82) is 0 Å². The van der Waals surface area contributed by atoms with Crippen LogP contribution >= 0.6 is 0 Å². The van der Waals surface area contributed by atoms with Crippen molar-refractivity contribution in [2.45, 2.75) is 26.4 Å². The van der Waals surface area contributed by atoms with Crippen LogP contribution in [0.4, 0.5) is 0 Å². The van der Waals surface area contributed by atoms with E-state index in [0.717, 1.165) is 11.8 Å². The molecule has 1 aromatic rings. The second-order valence-electron chi connectivity index (χ2n) is 5.32. The van der Waals surface area contributed by atoms with E-state index >= 15 is 0 Å². The van der Waals surface area contributed by atoms with Gasteiger partial charge in [-0.1, -0.05) is 6.07 Å². The largest absolute Gasteiger partial charge is 0.493 e. The van der Waals surface area contributed by atoms with Gasteiger partial charge in [0.25, 0.3) is 0 Å². The fraction of sp³-hybridized carbons (Fsp3) is 0.533. The molecule has 0 bridgehead atoms. The Balaban J connectivity index is 3.07. The first kappa shape index (κ1) is 19.2. The number of rotatable bonds is 8. The minimum absolute atomic E-state index is 0.0129. The van der Waals surface area contributed by atoms with E-state index in [9.17, 15) is 13.2 Å². The van der Waals surface area contributed by atoms with Gasteiger partial charge in [0.15, 0.2) is 11.5 Å². The molecule has 0 aromatic heterocycles. The Morgan fingerprint density at radius 1 is 1.22 bits per heavy atom. The summed E-state index contributed by atoms with van der Waals surface area (Å²) in [5.74, 6) is 0.248. The number of methoxy groups -OCH3 is 2. The number of hydrogen-bond donors (Lipinski definition) is 0. The van der Waals surface area contributed by atoms with Gasteiger partial charge < -0.3 is 18.6 Å². The van der Waals surface area contributed by atoms with E-state index in [2.05, 4.69) is 0 Å². The van der Waals surface area contributed by atoms with Crippen LogP contribution in [0.1, 0.15) is 19.4 Å². The van der Waals surface area contributed by atoms with Gasteiger partial charge >= 0.3 is 10.1 Å². The molecular formula is C15H23NO6S. The Morgan fingerprint density at radius 2 is 1.87 bits per heavy atom. The van der Waals surface area contributed by atoms with Crippen molar-refractivity contribution in [2.24, 2.45) is 0 Å². The van der Waals surface area contributed by atoms with E-state index in [-0.39, 0.29) is 24.3 Å². The van der Waals surface area contributed by atoms with Crippen LogP contribution in [0.3, 0.4) is 0 Å². The smallest absolute Gasteiger partial charge is 0.306 e. The number of carbonyl (C=O) groups is 1.